The average Bonchev–Trinajstić information content (AvgIpc) is 2.94. The van der Waals surface area contributed by atoms with Crippen molar-refractivity contribution in [2.24, 2.45) is 0 Å². The Hall–Kier alpha value is -2.36. The second-order valence-electron chi connectivity index (χ2n) is 5.18. The summed E-state index contributed by atoms with van der Waals surface area (Å²) in [5, 5.41) is 10.2. The molecule has 1 N–H and O–H groups in total. The van der Waals surface area contributed by atoms with Crippen LogP contribution in [-0.2, 0) is 6.54 Å². The molecule has 0 bridgehead atoms. The minimum absolute atomic E-state index is 0.396. The highest BCUT2D eigenvalue weighted by Gasteiger charge is 2.03. The topological polar surface area (TPSA) is 42.7 Å². The summed E-state index contributed by atoms with van der Waals surface area (Å²) < 4.78 is 1.98. The molecule has 20 heavy (non-hydrogen) atoms. The van der Waals surface area contributed by atoms with Crippen LogP contribution < -0.4 is 5.32 Å². The first-order valence-electron chi connectivity index (χ1n) is 6.83. The Morgan fingerprint density at radius 1 is 1.20 bits per heavy atom. The maximum atomic E-state index is 4.36. The first-order chi connectivity index (χ1) is 9.74. The van der Waals surface area contributed by atoms with Crippen molar-refractivity contribution in [3.05, 3.63) is 54.6 Å². The average molecular weight is 266 g/mol. The number of benzene rings is 1. The van der Waals surface area contributed by atoms with Crippen LogP contribution in [0.3, 0.4) is 0 Å². The molecule has 0 aliphatic rings. The van der Waals surface area contributed by atoms with Gasteiger partial charge in [0.25, 0.3) is 0 Å². The second kappa shape index (κ2) is 5.33. The smallest absolute Gasteiger partial charge is 0.0539 e. The third-order valence-corrected chi connectivity index (χ3v) is 3.35. The fourth-order valence-electron chi connectivity index (χ4n) is 2.23. The lowest BCUT2D eigenvalue weighted by molar-refractivity contribution is 0.532. The molecule has 0 aliphatic carbocycles. The van der Waals surface area contributed by atoms with Crippen molar-refractivity contribution in [3.8, 4) is 0 Å². The van der Waals surface area contributed by atoms with E-state index in [1.807, 2.05) is 35.4 Å². The standard InChI is InChI=1S/C16H18N4/c1-12(2)20-11-13(9-19-20)8-18-16-5-3-4-14-10-17-7-6-15(14)16/h3-7,9-12,18H,8H2,1-2H3. The maximum Gasteiger partial charge on any atom is 0.0539 e. The zero-order valence-electron chi connectivity index (χ0n) is 11.7. The van der Waals surface area contributed by atoms with Crippen molar-refractivity contribution < 1.29 is 0 Å². The molecule has 2 heterocycles. The summed E-state index contributed by atoms with van der Waals surface area (Å²) in [6.45, 7) is 5.03. The van der Waals surface area contributed by atoms with E-state index < -0.39 is 0 Å². The molecule has 0 spiro atoms. The van der Waals surface area contributed by atoms with Crippen molar-refractivity contribution in [2.75, 3.05) is 5.32 Å². The molecule has 0 radical (unpaired) electrons. The summed E-state index contributed by atoms with van der Waals surface area (Å²) in [7, 11) is 0. The number of fused-ring (bicyclic) bond motifs is 1. The van der Waals surface area contributed by atoms with E-state index in [1.165, 1.54) is 10.9 Å². The van der Waals surface area contributed by atoms with Crippen LogP contribution in [-0.4, -0.2) is 14.8 Å². The molecular weight excluding hydrogens is 248 g/mol. The zero-order chi connectivity index (χ0) is 13.9. The van der Waals surface area contributed by atoms with E-state index in [2.05, 4.69) is 47.6 Å². The predicted molar refractivity (Wildman–Crippen MR) is 81.7 cm³/mol. The first kappa shape index (κ1) is 12.7. The van der Waals surface area contributed by atoms with E-state index >= 15 is 0 Å². The number of hydrogen-bond acceptors (Lipinski definition) is 3. The van der Waals surface area contributed by atoms with E-state index in [0.717, 1.165) is 17.6 Å². The van der Waals surface area contributed by atoms with E-state index in [-0.39, 0.29) is 0 Å². The summed E-state index contributed by atoms with van der Waals surface area (Å²) in [5.41, 5.74) is 2.31. The van der Waals surface area contributed by atoms with Gasteiger partial charge in [-0.1, -0.05) is 12.1 Å². The molecule has 0 amide bonds. The zero-order valence-corrected chi connectivity index (χ0v) is 11.7. The van der Waals surface area contributed by atoms with Crippen molar-refractivity contribution in [1.29, 1.82) is 0 Å². The molecule has 0 fully saturated rings. The fraction of sp³-hybridized carbons (Fsp3) is 0.250. The highest BCUT2D eigenvalue weighted by Crippen LogP contribution is 2.22. The lowest BCUT2D eigenvalue weighted by Gasteiger charge is -2.08. The predicted octanol–water partition coefficient (Wildman–Crippen LogP) is 3.62. The monoisotopic (exact) mass is 266 g/mol. The van der Waals surface area contributed by atoms with Crippen molar-refractivity contribution >= 4 is 16.5 Å². The van der Waals surface area contributed by atoms with Gasteiger partial charge in [0.2, 0.25) is 0 Å². The number of nitrogens with zero attached hydrogens (tertiary/aromatic N) is 3. The Morgan fingerprint density at radius 3 is 2.90 bits per heavy atom. The minimum Gasteiger partial charge on any atom is -0.380 e. The molecule has 0 atom stereocenters. The molecule has 4 heteroatoms. The summed E-state index contributed by atoms with van der Waals surface area (Å²) in [4.78, 5) is 4.15. The number of nitrogens with one attached hydrogen (secondary N) is 1. The maximum absolute atomic E-state index is 4.36. The van der Waals surface area contributed by atoms with E-state index in [0.29, 0.717) is 6.04 Å². The molecule has 0 saturated carbocycles. The Kier molecular flexibility index (Phi) is 3.37. The van der Waals surface area contributed by atoms with Crippen LogP contribution in [0.25, 0.3) is 10.8 Å². The Bertz CT molecular complexity index is 710. The molecule has 2 aromatic heterocycles. The molecular formula is C16H18N4. The van der Waals surface area contributed by atoms with Crippen LogP contribution in [0.4, 0.5) is 5.69 Å². The van der Waals surface area contributed by atoms with Gasteiger partial charge in [-0.3, -0.25) is 9.67 Å². The number of anilines is 1. The van der Waals surface area contributed by atoms with E-state index in [1.54, 1.807) is 0 Å². The van der Waals surface area contributed by atoms with Gasteiger partial charge in [-0.25, -0.2) is 0 Å². The summed E-state index contributed by atoms with van der Waals surface area (Å²) in [6, 6.07) is 8.64. The molecule has 3 aromatic rings. The molecule has 4 nitrogen and oxygen atoms in total. The van der Waals surface area contributed by atoms with Crippen LogP contribution in [0.1, 0.15) is 25.5 Å². The van der Waals surface area contributed by atoms with Crippen LogP contribution in [0.2, 0.25) is 0 Å². The SMILES string of the molecule is CC(C)n1cc(CNc2cccc3cnccc23)cn1. The number of rotatable bonds is 4. The van der Waals surface area contributed by atoms with Crippen molar-refractivity contribution in [1.82, 2.24) is 14.8 Å². The highest BCUT2D eigenvalue weighted by atomic mass is 15.3. The molecule has 0 unspecified atom stereocenters. The summed E-state index contributed by atoms with van der Waals surface area (Å²) in [5.74, 6) is 0. The van der Waals surface area contributed by atoms with Crippen molar-refractivity contribution in [3.63, 3.8) is 0 Å². The molecule has 0 aliphatic heterocycles. The van der Waals surface area contributed by atoms with Gasteiger partial charge in [0.05, 0.1) is 6.20 Å². The van der Waals surface area contributed by atoms with Gasteiger partial charge in [-0.15, -0.1) is 0 Å². The van der Waals surface area contributed by atoms with Crippen LogP contribution >= 0.6 is 0 Å². The Morgan fingerprint density at radius 2 is 2.10 bits per heavy atom. The third kappa shape index (κ3) is 2.50. The van der Waals surface area contributed by atoms with Gasteiger partial charge >= 0.3 is 0 Å². The van der Waals surface area contributed by atoms with Crippen molar-refractivity contribution in [2.45, 2.75) is 26.4 Å². The van der Waals surface area contributed by atoms with Crippen LogP contribution in [0.5, 0.6) is 0 Å². The lowest BCUT2D eigenvalue weighted by Crippen LogP contribution is -2.01. The van der Waals surface area contributed by atoms with Gasteiger partial charge in [0, 0.05) is 53.2 Å². The normalized spacial score (nSPS) is 11.2. The molecule has 1 aromatic carbocycles. The van der Waals surface area contributed by atoms with Gasteiger partial charge in [-0.05, 0) is 26.0 Å². The number of hydrogen-bond donors (Lipinski definition) is 1. The quantitative estimate of drug-likeness (QED) is 0.784. The number of pyridine rings is 1. The van der Waals surface area contributed by atoms with Gasteiger partial charge in [0.15, 0.2) is 0 Å². The van der Waals surface area contributed by atoms with Gasteiger partial charge < -0.3 is 5.32 Å². The first-order valence-corrected chi connectivity index (χ1v) is 6.83. The van der Waals surface area contributed by atoms with E-state index in [9.17, 15) is 0 Å². The van der Waals surface area contributed by atoms with E-state index in [4.69, 9.17) is 0 Å². The minimum atomic E-state index is 0.396. The largest absolute Gasteiger partial charge is 0.380 e. The lowest BCUT2D eigenvalue weighted by atomic mass is 10.1. The second-order valence-corrected chi connectivity index (χ2v) is 5.18. The molecule has 0 saturated heterocycles. The van der Waals surface area contributed by atoms with Gasteiger partial charge in [-0.2, -0.15) is 5.10 Å². The number of aromatic nitrogens is 3. The molecule has 3 rings (SSSR count). The fourth-order valence-corrected chi connectivity index (χ4v) is 2.23. The van der Waals surface area contributed by atoms with Crippen LogP contribution in [0.15, 0.2) is 49.1 Å². The van der Waals surface area contributed by atoms with Crippen LogP contribution in [0, 0.1) is 0 Å². The molecule has 102 valence electrons. The third-order valence-electron chi connectivity index (χ3n) is 3.35. The summed E-state index contributed by atoms with van der Waals surface area (Å²) >= 11 is 0. The summed E-state index contributed by atoms with van der Waals surface area (Å²) in [6.07, 6.45) is 7.71. The highest BCUT2D eigenvalue weighted by molar-refractivity contribution is 5.93. The van der Waals surface area contributed by atoms with Gasteiger partial charge in [0.1, 0.15) is 0 Å². The Labute approximate surface area is 118 Å². The Balaban J connectivity index is 1.79.